The first-order valence-corrected chi connectivity index (χ1v) is 11.0. The summed E-state index contributed by atoms with van der Waals surface area (Å²) < 4.78 is 4.69. The van der Waals surface area contributed by atoms with Gasteiger partial charge >= 0.3 is 0 Å². The summed E-state index contributed by atoms with van der Waals surface area (Å²) in [5.41, 5.74) is 0. The maximum absolute atomic E-state index is 9.97. The topological polar surface area (TPSA) is 26.3 Å². The second-order valence-corrected chi connectivity index (χ2v) is 7.33. The van der Waals surface area contributed by atoms with E-state index >= 15 is 0 Å². The number of carbonyl (C=O) groups excluding carboxylic acids is 1. The zero-order chi connectivity index (χ0) is 17.6. The van der Waals surface area contributed by atoms with Gasteiger partial charge in [-0.05, 0) is 6.42 Å². The van der Waals surface area contributed by atoms with E-state index in [0.29, 0.717) is 13.1 Å². The fraction of sp³-hybridized carbons (Fsp3) is 0.955. The van der Waals surface area contributed by atoms with Gasteiger partial charge in [0.25, 0.3) is 6.47 Å². The molecule has 0 aliphatic rings. The van der Waals surface area contributed by atoms with Crippen LogP contribution in [0.5, 0.6) is 0 Å². The minimum atomic E-state index is 0.550. The van der Waals surface area contributed by atoms with Crippen molar-refractivity contribution in [1.29, 1.82) is 0 Å². The third kappa shape index (κ3) is 21.5. The lowest BCUT2D eigenvalue weighted by Crippen LogP contribution is -1.91. The van der Waals surface area contributed by atoms with Crippen LogP contribution in [-0.4, -0.2) is 13.1 Å². The van der Waals surface area contributed by atoms with Gasteiger partial charge in [0.05, 0.1) is 6.61 Å². The summed E-state index contributed by atoms with van der Waals surface area (Å²) in [4.78, 5) is 9.97. The van der Waals surface area contributed by atoms with Gasteiger partial charge in [-0.1, -0.05) is 122 Å². The third-order valence-electron chi connectivity index (χ3n) is 4.93. The summed E-state index contributed by atoms with van der Waals surface area (Å²) in [5.74, 6) is 0. The van der Waals surface area contributed by atoms with Crippen molar-refractivity contribution in [2.75, 3.05) is 6.61 Å². The Morgan fingerprint density at radius 2 is 0.792 bits per heavy atom. The Morgan fingerprint density at radius 1 is 0.500 bits per heavy atom. The molecule has 0 saturated heterocycles. The SMILES string of the molecule is CCCCCCCCCCCCCCCCCCCCCOC=O. The maximum Gasteiger partial charge on any atom is 0.293 e. The second kappa shape index (κ2) is 22.5. The van der Waals surface area contributed by atoms with Crippen molar-refractivity contribution < 1.29 is 9.53 Å². The largest absolute Gasteiger partial charge is 0.468 e. The second-order valence-electron chi connectivity index (χ2n) is 7.33. The molecule has 2 nitrogen and oxygen atoms in total. The molecule has 144 valence electrons. The lowest BCUT2D eigenvalue weighted by molar-refractivity contribution is -0.128. The Balaban J connectivity index is 2.94. The van der Waals surface area contributed by atoms with Crippen LogP contribution in [0.25, 0.3) is 0 Å². The van der Waals surface area contributed by atoms with Gasteiger partial charge in [-0.25, -0.2) is 0 Å². The predicted molar refractivity (Wildman–Crippen MR) is 105 cm³/mol. The predicted octanol–water partition coefficient (Wildman–Crippen LogP) is 7.59. The van der Waals surface area contributed by atoms with Crippen LogP contribution in [0.2, 0.25) is 0 Å². The van der Waals surface area contributed by atoms with E-state index < -0.39 is 0 Å². The van der Waals surface area contributed by atoms with E-state index in [1.807, 2.05) is 0 Å². The van der Waals surface area contributed by atoms with E-state index in [2.05, 4.69) is 11.7 Å². The molecule has 0 saturated carbocycles. The van der Waals surface area contributed by atoms with Crippen LogP contribution in [0, 0.1) is 0 Å². The third-order valence-corrected chi connectivity index (χ3v) is 4.93. The zero-order valence-electron chi connectivity index (χ0n) is 16.5. The first-order valence-electron chi connectivity index (χ1n) is 11.0. The fourth-order valence-electron chi connectivity index (χ4n) is 3.31. The van der Waals surface area contributed by atoms with E-state index in [-0.39, 0.29) is 0 Å². The van der Waals surface area contributed by atoms with Crippen molar-refractivity contribution in [3.05, 3.63) is 0 Å². The smallest absolute Gasteiger partial charge is 0.293 e. The van der Waals surface area contributed by atoms with Crippen molar-refractivity contribution in [2.24, 2.45) is 0 Å². The fourth-order valence-corrected chi connectivity index (χ4v) is 3.31. The first kappa shape index (κ1) is 23.5. The van der Waals surface area contributed by atoms with E-state index in [4.69, 9.17) is 0 Å². The van der Waals surface area contributed by atoms with Gasteiger partial charge in [-0.2, -0.15) is 0 Å². The summed E-state index contributed by atoms with van der Waals surface area (Å²) in [6, 6.07) is 0. The lowest BCUT2D eigenvalue weighted by Gasteiger charge is -2.04. The van der Waals surface area contributed by atoms with Gasteiger partial charge in [-0.15, -0.1) is 0 Å². The van der Waals surface area contributed by atoms with Crippen LogP contribution in [-0.2, 0) is 9.53 Å². The Labute approximate surface area is 152 Å². The summed E-state index contributed by atoms with van der Waals surface area (Å²) in [6.07, 6.45) is 26.4. The Bertz CT molecular complexity index is 228. The van der Waals surface area contributed by atoms with E-state index in [1.165, 1.54) is 116 Å². The van der Waals surface area contributed by atoms with E-state index in [0.717, 1.165) is 6.42 Å². The molecule has 0 aromatic carbocycles. The highest BCUT2D eigenvalue weighted by atomic mass is 16.5. The van der Waals surface area contributed by atoms with Crippen LogP contribution < -0.4 is 0 Å². The summed E-state index contributed by atoms with van der Waals surface area (Å²) in [5, 5.41) is 0. The Hall–Kier alpha value is -0.530. The van der Waals surface area contributed by atoms with Crippen molar-refractivity contribution in [3.63, 3.8) is 0 Å². The molecule has 2 heteroatoms. The highest BCUT2D eigenvalue weighted by Gasteiger charge is 1.95. The molecule has 0 fully saturated rings. The van der Waals surface area contributed by atoms with Gasteiger partial charge < -0.3 is 4.74 Å². The van der Waals surface area contributed by atoms with Crippen molar-refractivity contribution in [1.82, 2.24) is 0 Å². The van der Waals surface area contributed by atoms with Gasteiger partial charge in [0.2, 0.25) is 0 Å². The van der Waals surface area contributed by atoms with Crippen LogP contribution >= 0.6 is 0 Å². The quantitative estimate of drug-likeness (QED) is 0.159. The molecule has 0 unspecified atom stereocenters. The summed E-state index contributed by atoms with van der Waals surface area (Å²) >= 11 is 0. The normalized spacial score (nSPS) is 10.9. The number of hydrogen-bond donors (Lipinski definition) is 0. The molecule has 0 heterocycles. The average Bonchev–Trinajstić information content (AvgIpc) is 2.60. The summed E-state index contributed by atoms with van der Waals surface area (Å²) in [7, 11) is 0. The van der Waals surface area contributed by atoms with Crippen LogP contribution in [0.15, 0.2) is 0 Å². The molecule has 0 aromatic heterocycles. The zero-order valence-corrected chi connectivity index (χ0v) is 16.5. The molecule has 0 amide bonds. The molecule has 0 bridgehead atoms. The highest BCUT2D eigenvalue weighted by molar-refractivity contribution is 5.36. The van der Waals surface area contributed by atoms with Crippen LogP contribution in [0.1, 0.15) is 129 Å². The van der Waals surface area contributed by atoms with E-state index in [9.17, 15) is 4.79 Å². The molecule has 0 aromatic rings. The first-order chi connectivity index (χ1) is 11.9. The van der Waals surface area contributed by atoms with Gasteiger partial charge in [0, 0.05) is 0 Å². The number of rotatable bonds is 21. The van der Waals surface area contributed by atoms with Gasteiger partial charge in [-0.3, -0.25) is 4.79 Å². The lowest BCUT2D eigenvalue weighted by atomic mass is 10.0. The molecule has 0 atom stereocenters. The van der Waals surface area contributed by atoms with Crippen molar-refractivity contribution in [3.8, 4) is 0 Å². The van der Waals surface area contributed by atoms with Gasteiger partial charge in [0.15, 0.2) is 0 Å². The minimum absolute atomic E-state index is 0.550. The molecule has 0 N–H and O–H groups in total. The number of carbonyl (C=O) groups is 1. The number of hydrogen-bond acceptors (Lipinski definition) is 2. The summed E-state index contributed by atoms with van der Waals surface area (Å²) in [6.45, 7) is 3.44. The molecule has 0 spiro atoms. The van der Waals surface area contributed by atoms with Crippen LogP contribution in [0.4, 0.5) is 0 Å². The Kier molecular flexibility index (Phi) is 22.0. The standard InChI is InChI=1S/C22H44O2/c1-2-3-4-5-6-7-8-9-10-11-12-13-14-15-16-17-18-19-20-21-24-22-23/h22H,2-21H2,1H3. The molecule has 0 aliphatic carbocycles. The van der Waals surface area contributed by atoms with Crippen molar-refractivity contribution >= 4 is 6.47 Å². The molecule has 0 rings (SSSR count). The Morgan fingerprint density at radius 3 is 1.08 bits per heavy atom. The highest BCUT2D eigenvalue weighted by Crippen LogP contribution is 2.14. The maximum atomic E-state index is 9.97. The van der Waals surface area contributed by atoms with Crippen molar-refractivity contribution in [2.45, 2.75) is 129 Å². The molecule has 0 aliphatic heterocycles. The monoisotopic (exact) mass is 340 g/mol. The van der Waals surface area contributed by atoms with E-state index in [1.54, 1.807) is 0 Å². The number of unbranched alkanes of at least 4 members (excludes halogenated alkanes) is 18. The van der Waals surface area contributed by atoms with Gasteiger partial charge in [0.1, 0.15) is 0 Å². The molecular weight excluding hydrogens is 296 g/mol. The average molecular weight is 341 g/mol. The molecular formula is C22H44O2. The molecule has 0 radical (unpaired) electrons. The minimum Gasteiger partial charge on any atom is -0.468 e. The molecule has 24 heavy (non-hydrogen) atoms. The number of ether oxygens (including phenoxy) is 1. The van der Waals surface area contributed by atoms with Crippen LogP contribution in [0.3, 0.4) is 0 Å².